The highest BCUT2D eigenvalue weighted by atomic mass is 16.5. The first-order chi connectivity index (χ1) is 10.4. The Morgan fingerprint density at radius 1 is 1.05 bits per heavy atom. The number of rotatable bonds is 10. The molecule has 0 spiro atoms. The van der Waals surface area contributed by atoms with Crippen molar-refractivity contribution in [2.24, 2.45) is 0 Å². The first-order valence-corrected chi connectivity index (χ1v) is 7.62. The molecule has 0 saturated heterocycles. The van der Waals surface area contributed by atoms with Crippen molar-refractivity contribution < 1.29 is 9.47 Å². The maximum atomic E-state index is 5.12. The molecule has 0 fully saturated rings. The molecule has 0 aliphatic heterocycles. The van der Waals surface area contributed by atoms with Gasteiger partial charge in [0.1, 0.15) is 0 Å². The minimum atomic E-state index is 0.746. The zero-order chi connectivity index (χ0) is 14.9. The van der Waals surface area contributed by atoms with Crippen LogP contribution in [-0.4, -0.2) is 38.5 Å². The lowest BCUT2D eigenvalue weighted by Crippen LogP contribution is -2.18. The molecule has 1 N–H and O–H groups in total. The summed E-state index contributed by atoms with van der Waals surface area (Å²) in [6, 6.07) is 8.62. The van der Waals surface area contributed by atoms with E-state index in [1.54, 1.807) is 14.2 Å². The first-order valence-electron chi connectivity index (χ1n) is 7.62. The number of para-hydroxylation sites is 1. The van der Waals surface area contributed by atoms with Crippen LogP contribution in [0.25, 0.3) is 10.9 Å². The van der Waals surface area contributed by atoms with Crippen molar-refractivity contribution in [3.8, 4) is 0 Å². The van der Waals surface area contributed by atoms with Gasteiger partial charge in [0.05, 0.1) is 6.61 Å². The molecule has 4 nitrogen and oxygen atoms in total. The zero-order valence-electron chi connectivity index (χ0n) is 13.1. The molecule has 0 aliphatic rings. The van der Waals surface area contributed by atoms with Crippen LogP contribution in [0, 0.1) is 0 Å². The van der Waals surface area contributed by atoms with E-state index in [-0.39, 0.29) is 0 Å². The lowest BCUT2D eigenvalue weighted by Gasteiger charge is -2.04. The molecule has 0 radical (unpaired) electrons. The van der Waals surface area contributed by atoms with Gasteiger partial charge in [-0.1, -0.05) is 18.2 Å². The summed E-state index contributed by atoms with van der Waals surface area (Å²) >= 11 is 0. The van der Waals surface area contributed by atoms with Gasteiger partial charge in [0.25, 0.3) is 0 Å². The van der Waals surface area contributed by atoms with Gasteiger partial charge in [-0.15, -0.1) is 0 Å². The van der Waals surface area contributed by atoms with Crippen molar-refractivity contribution in [1.82, 2.24) is 9.88 Å². The van der Waals surface area contributed by atoms with Crippen molar-refractivity contribution in [2.75, 3.05) is 34.0 Å². The van der Waals surface area contributed by atoms with Crippen molar-refractivity contribution in [1.29, 1.82) is 0 Å². The van der Waals surface area contributed by atoms with Crippen LogP contribution in [-0.2, 0) is 22.6 Å². The SMILES string of the molecule is COCCCCn1cc(CNCCOC)c2ccccc21. The van der Waals surface area contributed by atoms with Crippen molar-refractivity contribution in [2.45, 2.75) is 25.9 Å². The molecule has 1 aromatic heterocycles. The van der Waals surface area contributed by atoms with Gasteiger partial charge in [-0.3, -0.25) is 0 Å². The number of nitrogens with zero attached hydrogens (tertiary/aromatic N) is 1. The molecule has 2 rings (SSSR count). The Bertz CT molecular complexity index is 491. The van der Waals surface area contributed by atoms with Crippen LogP contribution >= 0.6 is 0 Å². The smallest absolute Gasteiger partial charge is 0.0587 e. The number of aryl methyl sites for hydroxylation is 1. The second-order valence-electron chi connectivity index (χ2n) is 5.23. The molecule has 1 heterocycles. The van der Waals surface area contributed by atoms with Crippen LogP contribution in [0.2, 0.25) is 0 Å². The van der Waals surface area contributed by atoms with E-state index in [0.717, 1.165) is 45.7 Å². The highest BCUT2D eigenvalue weighted by Gasteiger charge is 2.07. The highest BCUT2D eigenvalue weighted by molar-refractivity contribution is 5.83. The third-order valence-corrected chi connectivity index (χ3v) is 3.67. The lowest BCUT2D eigenvalue weighted by atomic mass is 10.2. The van der Waals surface area contributed by atoms with Gasteiger partial charge in [-0.05, 0) is 24.5 Å². The molecule has 0 aliphatic carbocycles. The quantitative estimate of drug-likeness (QED) is 0.683. The molecular weight excluding hydrogens is 264 g/mol. The number of aromatic nitrogens is 1. The molecule has 4 heteroatoms. The molecular formula is C17H26N2O2. The Hall–Kier alpha value is -1.36. The van der Waals surface area contributed by atoms with E-state index in [1.165, 1.54) is 16.5 Å². The Balaban J connectivity index is 2.03. The van der Waals surface area contributed by atoms with Crippen LogP contribution in [0.3, 0.4) is 0 Å². The molecule has 0 unspecified atom stereocenters. The summed E-state index contributed by atoms with van der Waals surface area (Å²) in [4.78, 5) is 0. The highest BCUT2D eigenvalue weighted by Crippen LogP contribution is 2.21. The minimum absolute atomic E-state index is 0.746. The van der Waals surface area contributed by atoms with E-state index in [4.69, 9.17) is 9.47 Å². The van der Waals surface area contributed by atoms with Gasteiger partial charge in [0, 0.05) is 57.6 Å². The van der Waals surface area contributed by atoms with Crippen LogP contribution in [0.15, 0.2) is 30.5 Å². The Kier molecular flexibility index (Phi) is 6.73. The second kappa shape index (κ2) is 8.82. The Labute approximate surface area is 127 Å². The van der Waals surface area contributed by atoms with Crippen LogP contribution in [0.5, 0.6) is 0 Å². The molecule has 2 aromatic rings. The van der Waals surface area contributed by atoms with Crippen LogP contribution < -0.4 is 5.32 Å². The molecule has 0 bridgehead atoms. The fourth-order valence-corrected chi connectivity index (χ4v) is 2.57. The fourth-order valence-electron chi connectivity index (χ4n) is 2.57. The monoisotopic (exact) mass is 290 g/mol. The molecule has 0 amide bonds. The molecule has 116 valence electrons. The van der Waals surface area contributed by atoms with Gasteiger partial charge in [-0.2, -0.15) is 0 Å². The van der Waals surface area contributed by atoms with E-state index in [1.807, 2.05) is 0 Å². The topological polar surface area (TPSA) is 35.4 Å². The lowest BCUT2D eigenvalue weighted by molar-refractivity contribution is 0.191. The molecule has 0 atom stereocenters. The summed E-state index contributed by atoms with van der Waals surface area (Å²) in [6.45, 7) is 4.39. The largest absolute Gasteiger partial charge is 0.385 e. The number of hydrogen-bond acceptors (Lipinski definition) is 3. The third kappa shape index (κ3) is 4.56. The zero-order valence-corrected chi connectivity index (χ0v) is 13.1. The minimum Gasteiger partial charge on any atom is -0.385 e. The van der Waals surface area contributed by atoms with Gasteiger partial charge >= 0.3 is 0 Å². The standard InChI is InChI=1S/C17H26N2O2/c1-20-11-6-5-10-19-14-15(13-18-9-12-21-2)16-7-3-4-8-17(16)19/h3-4,7-8,14,18H,5-6,9-13H2,1-2H3. The molecule has 21 heavy (non-hydrogen) atoms. The Morgan fingerprint density at radius 2 is 1.86 bits per heavy atom. The average molecular weight is 290 g/mol. The van der Waals surface area contributed by atoms with Crippen LogP contribution in [0.4, 0.5) is 0 Å². The van der Waals surface area contributed by atoms with Crippen molar-refractivity contribution in [3.63, 3.8) is 0 Å². The number of fused-ring (bicyclic) bond motifs is 1. The van der Waals surface area contributed by atoms with E-state index in [0.29, 0.717) is 0 Å². The summed E-state index contributed by atoms with van der Waals surface area (Å²) in [5, 5.41) is 4.77. The number of hydrogen-bond donors (Lipinski definition) is 1. The van der Waals surface area contributed by atoms with Gasteiger partial charge in [-0.25, -0.2) is 0 Å². The predicted molar refractivity (Wildman–Crippen MR) is 86.6 cm³/mol. The van der Waals surface area contributed by atoms with Gasteiger partial charge < -0.3 is 19.4 Å². The van der Waals surface area contributed by atoms with Crippen molar-refractivity contribution >= 4 is 10.9 Å². The number of ether oxygens (including phenoxy) is 2. The second-order valence-corrected chi connectivity index (χ2v) is 5.23. The summed E-state index contributed by atoms with van der Waals surface area (Å²) in [5.74, 6) is 0. The molecule has 0 saturated carbocycles. The van der Waals surface area contributed by atoms with E-state index < -0.39 is 0 Å². The number of nitrogens with one attached hydrogen (secondary N) is 1. The summed E-state index contributed by atoms with van der Waals surface area (Å²) in [5.41, 5.74) is 2.67. The maximum Gasteiger partial charge on any atom is 0.0587 e. The third-order valence-electron chi connectivity index (χ3n) is 3.67. The predicted octanol–water partition coefficient (Wildman–Crippen LogP) is 2.80. The van der Waals surface area contributed by atoms with Crippen molar-refractivity contribution in [3.05, 3.63) is 36.0 Å². The number of methoxy groups -OCH3 is 2. The number of unbranched alkanes of at least 4 members (excludes halogenated alkanes) is 1. The van der Waals surface area contributed by atoms with Crippen LogP contribution in [0.1, 0.15) is 18.4 Å². The fraction of sp³-hybridized carbons (Fsp3) is 0.529. The number of benzene rings is 1. The Morgan fingerprint density at radius 3 is 2.67 bits per heavy atom. The van der Waals surface area contributed by atoms with Gasteiger partial charge in [0.15, 0.2) is 0 Å². The maximum absolute atomic E-state index is 5.12. The summed E-state index contributed by atoms with van der Waals surface area (Å²) < 4.78 is 12.5. The average Bonchev–Trinajstić information content (AvgIpc) is 2.87. The summed E-state index contributed by atoms with van der Waals surface area (Å²) in [6.07, 6.45) is 4.52. The normalized spacial score (nSPS) is 11.3. The first kappa shape index (κ1) is 16.0. The molecule has 1 aromatic carbocycles. The van der Waals surface area contributed by atoms with E-state index in [9.17, 15) is 0 Å². The van der Waals surface area contributed by atoms with E-state index in [2.05, 4.69) is 40.3 Å². The van der Waals surface area contributed by atoms with E-state index >= 15 is 0 Å². The summed E-state index contributed by atoms with van der Waals surface area (Å²) in [7, 11) is 3.49. The van der Waals surface area contributed by atoms with Gasteiger partial charge in [0.2, 0.25) is 0 Å².